The smallest absolute Gasteiger partial charge is 0.220 e. The molecule has 2 rings (SSSR count). The van der Waals surface area contributed by atoms with Crippen LogP contribution in [0.15, 0.2) is 18.3 Å². The minimum absolute atomic E-state index is 0.0216. The van der Waals surface area contributed by atoms with E-state index in [-0.39, 0.29) is 11.8 Å². The van der Waals surface area contributed by atoms with Crippen LogP contribution in [-0.4, -0.2) is 28.9 Å². The third kappa shape index (κ3) is 3.05. The summed E-state index contributed by atoms with van der Waals surface area (Å²) >= 11 is 0. The van der Waals surface area contributed by atoms with E-state index < -0.39 is 0 Å². The zero-order valence-electron chi connectivity index (χ0n) is 10.2. The first-order chi connectivity index (χ1) is 8.69. The molecule has 0 aliphatic carbocycles. The Kier molecular flexibility index (Phi) is 3.90. The summed E-state index contributed by atoms with van der Waals surface area (Å²) < 4.78 is 0. The predicted molar refractivity (Wildman–Crippen MR) is 66.1 cm³/mol. The Morgan fingerprint density at radius 2 is 2.28 bits per heavy atom. The number of hydrogen-bond acceptors (Lipinski definition) is 4. The summed E-state index contributed by atoms with van der Waals surface area (Å²) in [7, 11) is 0. The number of nitriles is 1. The summed E-state index contributed by atoms with van der Waals surface area (Å²) in [5, 5.41) is 8.79. The van der Waals surface area contributed by atoms with Gasteiger partial charge in [0.1, 0.15) is 11.8 Å². The average molecular weight is 244 g/mol. The minimum atomic E-state index is -0.190. The molecule has 94 valence electrons. The van der Waals surface area contributed by atoms with Gasteiger partial charge in [0.05, 0.1) is 0 Å². The van der Waals surface area contributed by atoms with Crippen molar-refractivity contribution >= 4 is 5.91 Å². The molecule has 1 saturated heterocycles. The van der Waals surface area contributed by atoms with Gasteiger partial charge in [0, 0.05) is 18.7 Å². The van der Waals surface area contributed by atoms with Gasteiger partial charge >= 0.3 is 0 Å². The summed E-state index contributed by atoms with van der Waals surface area (Å²) in [6.07, 6.45) is 3.31. The molecule has 1 aromatic heterocycles. The fourth-order valence-corrected chi connectivity index (χ4v) is 2.27. The van der Waals surface area contributed by atoms with Crippen molar-refractivity contribution in [3.8, 4) is 6.07 Å². The molecule has 5 nitrogen and oxygen atoms in total. The number of nitrogens with two attached hydrogens (primary N) is 1. The second-order valence-corrected chi connectivity index (χ2v) is 4.61. The van der Waals surface area contributed by atoms with Crippen LogP contribution in [-0.2, 0) is 11.3 Å². The maximum absolute atomic E-state index is 11.1. The quantitative estimate of drug-likeness (QED) is 0.846. The number of hydrogen-bond donors (Lipinski definition) is 1. The third-order valence-corrected chi connectivity index (χ3v) is 3.34. The van der Waals surface area contributed by atoms with Crippen molar-refractivity contribution in [1.82, 2.24) is 9.88 Å². The van der Waals surface area contributed by atoms with Crippen molar-refractivity contribution in [2.24, 2.45) is 11.7 Å². The Balaban J connectivity index is 1.91. The first kappa shape index (κ1) is 12.5. The number of primary amides is 1. The minimum Gasteiger partial charge on any atom is -0.369 e. The number of pyridine rings is 1. The summed E-state index contributed by atoms with van der Waals surface area (Å²) in [6.45, 7) is 2.54. The summed E-state index contributed by atoms with van der Waals surface area (Å²) in [6, 6.07) is 5.76. The summed E-state index contributed by atoms with van der Waals surface area (Å²) in [5.41, 5.74) is 6.83. The van der Waals surface area contributed by atoms with Crippen LogP contribution in [0.5, 0.6) is 0 Å². The predicted octanol–water partition coefficient (Wildman–Crippen LogP) is 0.651. The van der Waals surface area contributed by atoms with E-state index in [1.807, 2.05) is 12.1 Å². The highest BCUT2D eigenvalue weighted by Crippen LogP contribution is 2.18. The van der Waals surface area contributed by atoms with Gasteiger partial charge in [-0.05, 0) is 43.6 Å². The van der Waals surface area contributed by atoms with E-state index >= 15 is 0 Å². The Morgan fingerprint density at radius 1 is 1.56 bits per heavy atom. The topological polar surface area (TPSA) is 83.0 Å². The van der Waals surface area contributed by atoms with Crippen molar-refractivity contribution in [2.75, 3.05) is 13.1 Å². The molecular formula is C13H16N4O. The Hall–Kier alpha value is -1.93. The molecular weight excluding hydrogens is 228 g/mol. The normalized spacial score (nSPS) is 17.3. The highest BCUT2D eigenvalue weighted by Gasteiger charge is 2.22. The number of piperidine rings is 1. The summed E-state index contributed by atoms with van der Waals surface area (Å²) in [4.78, 5) is 17.3. The molecule has 0 saturated carbocycles. The molecule has 0 aromatic carbocycles. The van der Waals surface area contributed by atoms with Gasteiger partial charge in [-0.15, -0.1) is 0 Å². The SMILES string of the molecule is N#Cc1cc(CN2CCC(C(N)=O)CC2)ccn1. The van der Waals surface area contributed by atoms with Crippen molar-refractivity contribution in [3.63, 3.8) is 0 Å². The molecule has 1 aliphatic rings. The highest BCUT2D eigenvalue weighted by atomic mass is 16.1. The van der Waals surface area contributed by atoms with Crippen molar-refractivity contribution in [1.29, 1.82) is 5.26 Å². The molecule has 0 atom stereocenters. The Labute approximate surface area is 106 Å². The number of likely N-dealkylation sites (tertiary alicyclic amines) is 1. The van der Waals surface area contributed by atoms with Gasteiger partial charge in [-0.2, -0.15) is 5.26 Å². The van der Waals surface area contributed by atoms with Gasteiger partial charge < -0.3 is 5.73 Å². The zero-order valence-corrected chi connectivity index (χ0v) is 10.2. The number of carbonyl (C=O) groups is 1. The van der Waals surface area contributed by atoms with E-state index in [1.54, 1.807) is 12.3 Å². The van der Waals surface area contributed by atoms with Crippen LogP contribution >= 0.6 is 0 Å². The van der Waals surface area contributed by atoms with Crippen LogP contribution in [0.2, 0.25) is 0 Å². The average Bonchev–Trinajstić information content (AvgIpc) is 2.39. The van der Waals surface area contributed by atoms with Gasteiger partial charge in [0.2, 0.25) is 5.91 Å². The van der Waals surface area contributed by atoms with E-state index in [0.29, 0.717) is 5.69 Å². The van der Waals surface area contributed by atoms with Crippen LogP contribution in [0.1, 0.15) is 24.1 Å². The van der Waals surface area contributed by atoms with E-state index in [4.69, 9.17) is 11.0 Å². The number of rotatable bonds is 3. The zero-order chi connectivity index (χ0) is 13.0. The molecule has 1 amide bonds. The fraction of sp³-hybridized carbons (Fsp3) is 0.462. The van der Waals surface area contributed by atoms with Crippen molar-refractivity contribution in [2.45, 2.75) is 19.4 Å². The third-order valence-electron chi connectivity index (χ3n) is 3.34. The maximum Gasteiger partial charge on any atom is 0.220 e. The molecule has 2 N–H and O–H groups in total. The van der Waals surface area contributed by atoms with Crippen molar-refractivity contribution in [3.05, 3.63) is 29.6 Å². The molecule has 0 unspecified atom stereocenters. The van der Waals surface area contributed by atoms with Crippen LogP contribution in [0.3, 0.4) is 0 Å². The molecule has 18 heavy (non-hydrogen) atoms. The van der Waals surface area contributed by atoms with Gasteiger partial charge in [0.25, 0.3) is 0 Å². The molecule has 1 fully saturated rings. The molecule has 2 heterocycles. The lowest BCUT2D eigenvalue weighted by molar-refractivity contribution is -0.123. The second kappa shape index (κ2) is 5.61. The second-order valence-electron chi connectivity index (χ2n) is 4.61. The van der Waals surface area contributed by atoms with Crippen LogP contribution < -0.4 is 5.73 Å². The Bertz CT molecular complexity index is 472. The number of aromatic nitrogens is 1. The number of amides is 1. The molecule has 0 bridgehead atoms. The largest absolute Gasteiger partial charge is 0.369 e. The van der Waals surface area contributed by atoms with Crippen molar-refractivity contribution < 1.29 is 4.79 Å². The summed E-state index contributed by atoms with van der Waals surface area (Å²) in [5.74, 6) is -0.168. The molecule has 5 heteroatoms. The van der Waals surface area contributed by atoms with Crippen LogP contribution in [0.4, 0.5) is 0 Å². The first-order valence-electron chi connectivity index (χ1n) is 6.05. The number of nitrogens with zero attached hydrogens (tertiary/aromatic N) is 3. The van der Waals surface area contributed by atoms with E-state index in [1.165, 1.54) is 0 Å². The fourth-order valence-electron chi connectivity index (χ4n) is 2.27. The lowest BCUT2D eigenvalue weighted by atomic mass is 9.96. The van der Waals surface area contributed by atoms with Gasteiger partial charge in [-0.25, -0.2) is 4.98 Å². The number of carbonyl (C=O) groups excluding carboxylic acids is 1. The maximum atomic E-state index is 11.1. The van der Waals surface area contributed by atoms with E-state index in [2.05, 4.69) is 9.88 Å². The van der Waals surface area contributed by atoms with E-state index in [0.717, 1.165) is 38.0 Å². The Morgan fingerprint density at radius 3 is 2.89 bits per heavy atom. The monoisotopic (exact) mass is 244 g/mol. The highest BCUT2D eigenvalue weighted by molar-refractivity contribution is 5.76. The molecule has 0 radical (unpaired) electrons. The molecule has 1 aromatic rings. The lowest BCUT2D eigenvalue weighted by Gasteiger charge is -2.30. The van der Waals surface area contributed by atoms with Gasteiger partial charge in [-0.3, -0.25) is 9.69 Å². The van der Waals surface area contributed by atoms with Gasteiger partial charge in [-0.1, -0.05) is 0 Å². The standard InChI is InChI=1S/C13H16N4O/c14-8-12-7-10(1-4-16-12)9-17-5-2-11(3-6-17)13(15)18/h1,4,7,11H,2-3,5-6,9H2,(H2,15,18). The van der Waals surface area contributed by atoms with Gasteiger partial charge in [0.15, 0.2) is 0 Å². The lowest BCUT2D eigenvalue weighted by Crippen LogP contribution is -2.38. The van der Waals surface area contributed by atoms with Crippen LogP contribution in [0, 0.1) is 17.2 Å². The van der Waals surface area contributed by atoms with E-state index in [9.17, 15) is 4.79 Å². The molecule has 1 aliphatic heterocycles. The molecule has 0 spiro atoms. The van der Waals surface area contributed by atoms with Crippen LogP contribution in [0.25, 0.3) is 0 Å². The first-order valence-corrected chi connectivity index (χ1v) is 6.05.